The maximum absolute atomic E-state index is 12.0. The summed E-state index contributed by atoms with van der Waals surface area (Å²) in [6.07, 6.45) is 4.40. The van der Waals surface area contributed by atoms with E-state index < -0.39 is 0 Å². The highest BCUT2D eigenvalue weighted by atomic mass is 16.3. The summed E-state index contributed by atoms with van der Waals surface area (Å²) in [7, 11) is 1.76. The molecule has 100 valence electrons. The Bertz CT molecular complexity index is 537. The molecule has 0 radical (unpaired) electrons. The number of aryl methyl sites for hydroxylation is 1. The second kappa shape index (κ2) is 6.04. The molecular weight excluding hydrogens is 242 g/mol. The Kier molecular flexibility index (Phi) is 4.18. The fourth-order valence-electron chi connectivity index (χ4n) is 1.88. The predicted octanol–water partition coefficient (Wildman–Crippen LogP) is 1.71. The van der Waals surface area contributed by atoms with E-state index in [1.165, 1.54) is 0 Å². The molecule has 0 bridgehead atoms. The summed E-state index contributed by atoms with van der Waals surface area (Å²) in [4.78, 5) is 13.6. The minimum Gasteiger partial charge on any atom is -0.508 e. The Labute approximate surface area is 111 Å². The molecule has 0 fully saturated rings. The van der Waals surface area contributed by atoms with Gasteiger partial charge in [-0.1, -0.05) is 18.2 Å². The van der Waals surface area contributed by atoms with Crippen LogP contribution in [0.3, 0.4) is 0 Å². The van der Waals surface area contributed by atoms with E-state index in [0.717, 1.165) is 11.1 Å². The third kappa shape index (κ3) is 3.58. The van der Waals surface area contributed by atoms with Crippen LogP contribution in [0.2, 0.25) is 0 Å². The van der Waals surface area contributed by atoms with Gasteiger partial charge in [0.25, 0.3) is 0 Å². The molecule has 0 saturated carbocycles. The number of nitrogens with zero attached hydrogens (tertiary/aromatic N) is 2. The van der Waals surface area contributed by atoms with Crippen LogP contribution in [0.4, 0.5) is 0 Å². The van der Waals surface area contributed by atoms with Gasteiger partial charge in [0.15, 0.2) is 0 Å². The Balaban J connectivity index is 1.86. The van der Waals surface area contributed by atoms with Crippen molar-refractivity contribution in [3.8, 4) is 5.75 Å². The monoisotopic (exact) mass is 259 g/mol. The molecule has 0 spiro atoms. The van der Waals surface area contributed by atoms with E-state index in [2.05, 4.69) is 10.2 Å². The average Bonchev–Trinajstić information content (AvgIpc) is 2.90. The number of phenols is 1. The van der Waals surface area contributed by atoms with Gasteiger partial charge in [-0.15, -0.1) is 0 Å². The first-order valence-corrected chi connectivity index (χ1v) is 6.15. The van der Waals surface area contributed by atoms with Gasteiger partial charge >= 0.3 is 0 Å². The van der Waals surface area contributed by atoms with Gasteiger partial charge in [0.2, 0.25) is 5.91 Å². The standard InChI is InChI=1S/C14H17N3O2/c1-17(10-11-8-15-16-9-11)14(19)7-6-12-4-2-3-5-13(12)18/h2-5,8-9,18H,6-7,10H2,1H3,(H,15,16). The van der Waals surface area contributed by atoms with Gasteiger partial charge in [0.05, 0.1) is 6.20 Å². The lowest BCUT2D eigenvalue weighted by Crippen LogP contribution is -2.26. The Morgan fingerprint density at radius 3 is 2.89 bits per heavy atom. The van der Waals surface area contributed by atoms with E-state index in [0.29, 0.717) is 19.4 Å². The number of nitrogens with one attached hydrogen (secondary N) is 1. The fourth-order valence-corrected chi connectivity index (χ4v) is 1.88. The molecule has 2 aromatic rings. The molecule has 0 unspecified atom stereocenters. The lowest BCUT2D eigenvalue weighted by atomic mass is 10.1. The summed E-state index contributed by atoms with van der Waals surface area (Å²) in [5.74, 6) is 0.289. The third-order valence-electron chi connectivity index (χ3n) is 3.00. The lowest BCUT2D eigenvalue weighted by molar-refractivity contribution is -0.130. The van der Waals surface area contributed by atoms with Gasteiger partial charge < -0.3 is 10.0 Å². The number of hydrogen-bond acceptors (Lipinski definition) is 3. The number of phenolic OH excluding ortho intramolecular Hbond substituents is 1. The Morgan fingerprint density at radius 2 is 2.21 bits per heavy atom. The molecule has 0 atom stereocenters. The predicted molar refractivity (Wildman–Crippen MR) is 71.5 cm³/mol. The van der Waals surface area contributed by atoms with Crippen molar-refractivity contribution < 1.29 is 9.90 Å². The molecule has 1 amide bonds. The minimum absolute atomic E-state index is 0.0458. The third-order valence-corrected chi connectivity index (χ3v) is 3.00. The molecule has 1 aromatic heterocycles. The minimum atomic E-state index is 0.0458. The topological polar surface area (TPSA) is 69.2 Å². The number of aromatic hydroxyl groups is 1. The molecule has 0 aliphatic carbocycles. The second-order valence-corrected chi connectivity index (χ2v) is 4.49. The quantitative estimate of drug-likeness (QED) is 0.858. The number of benzene rings is 1. The summed E-state index contributed by atoms with van der Waals surface area (Å²) in [6, 6.07) is 7.09. The number of para-hydroxylation sites is 1. The number of rotatable bonds is 5. The second-order valence-electron chi connectivity index (χ2n) is 4.49. The van der Waals surface area contributed by atoms with Crippen LogP contribution in [0.25, 0.3) is 0 Å². The van der Waals surface area contributed by atoms with Gasteiger partial charge in [-0.05, 0) is 18.1 Å². The largest absolute Gasteiger partial charge is 0.508 e. The zero-order valence-electron chi connectivity index (χ0n) is 10.8. The van der Waals surface area contributed by atoms with Crippen LogP contribution in [0.5, 0.6) is 5.75 Å². The van der Waals surface area contributed by atoms with Gasteiger partial charge in [0.1, 0.15) is 5.75 Å². The highest BCUT2D eigenvalue weighted by Gasteiger charge is 2.11. The number of H-pyrrole nitrogens is 1. The molecule has 0 aliphatic rings. The summed E-state index contributed by atoms with van der Waals surface area (Å²) in [5, 5.41) is 16.2. The summed E-state index contributed by atoms with van der Waals surface area (Å²) in [6.45, 7) is 0.538. The van der Waals surface area contributed by atoms with Crippen LogP contribution in [-0.4, -0.2) is 33.2 Å². The first kappa shape index (κ1) is 13.1. The average molecular weight is 259 g/mol. The van der Waals surface area contributed by atoms with Crippen molar-refractivity contribution in [2.75, 3.05) is 7.05 Å². The number of carbonyl (C=O) groups excluding carboxylic acids is 1. The Morgan fingerprint density at radius 1 is 1.42 bits per heavy atom. The molecule has 1 aromatic carbocycles. The number of hydrogen-bond donors (Lipinski definition) is 2. The first-order chi connectivity index (χ1) is 9.16. The Hall–Kier alpha value is -2.30. The molecule has 2 N–H and O–H groups in total. The molecule has 2 rings (SSSR count). The van der Waals surface area contributed by atoms with Gasteiger partial charge in [-0.25, -0.2) is 0 Å². The maximum Gasteiger partial charge on any atom is 0.222 e. The summed E-state index contributed by atoms with van der Waals surface area (Å²) < 4.78 is 0. The van der Waals surface area contributed by atoms with E-state index in [9.17, 15) is 9.90 Å². The van der Waals surface area contributed by atoms with Crippen molar-refractivity contribution in [1.29, 1.82) is 0 Å². The molecule has 5 heteroatoms. The number of amides is 1. The van der Waals surface area contributed by atoms with E-state index in [-0.39, 0.29) is 11.7 Å². The highest BCUT2D eigenvalue weighted by Crippen LogP contribution is 2.17. The molecule has 5 nitrogen and oxygen atoms in total. The van der Waals surface area contributed by atoms with Crippen molar-refractivity contribution in [3.05, 3.63) is 47.8 Å². The smallest absolute Gasteiger partial charge is 0.222 e. The van der Waals surface area contributed by atoms with Crippen LogP contribution in [-0.2, 0) is 17.8 Å². The number of aromatic amines is 1. The first-order valence-electron chi connectivity index (χ1n) is 6.15. The number of aromatic nitrogens is 2. The van der Waals surface area contributed by atoms with Crippen LogP contribution in [0.15, 0.2) is 36.7 Å². The molecule has 0 aliphatic heterocycles. The van der Waals surface area contributed by atoms with E-state index in [1.54, 1.807) is 36.5 Å². The van der Waals surface area contributed by atoms with E-state index in [1.807, 2.05) is 12.1 Å². The van der Waals surface area contributed by atoms with Crippen molar-refractivity contribution in [2.24, 2.45) is 0 Å². The van der Waals surface area contributed by atoms with Gasteiger partial charge in [-0.3, -0.25) is 9.89 Å². The van der Waals surface area contributed by atoms with Crippen LogP contribution in [0, 0.1) is 0 Å². The van der Waals surface area contributed by atoms with Crippen LogP contribution >= 0.6 is 0 Å². The van der Waals surface area contributed by atoms with Crippen molar-refractivity contribution in [3.63, 3.8) is 0 Å². The zero-order chi connectivity index (χ0) is 13.7. The van der Waals surface area contributed by atoms with E-state index >= 15 is 0 Å². The zero-order valence-corrected chi connectivity index (χ0v) is 10.8. The van der Waals surface area contributed by atoms with Crippen LogP contribution < -0.4 is 0 Å². The maximum atomic E-state index is 12.0. The van der Waals surface area contributed by atoms with Crippen LogP contribution in [0.1, 0.15) is 17.5 Å². The molecular formula is C14H17N3O2. The summed E-state index contributed by atoms with van der Waals surface area (Å²) >= 11 is 0. The molecule has 1 heterocycles. The van der Waals surface area contributed by atoms with Crippen molar-refractivity contribution >= 4 is 5.91 Å². The highest BCUT2D eigenvalue weighted by molar-refractivity contribution is 5.76. The van der Waals surface area contributed by atoms with Crippen molar-refractivity contribution in [2.45, 2.75) is 19.4 Å². The normalized spacial score (nSPS) is 10.4. The molecule has 0 saturated heterocycles. The fraction of sp³-hybridized carbons (Fsp3) is 0.286. The van der Waals surface area contributed by atoms with Gasteiger partial charge in [0, 0.05) is 31.8 Å². The molecule has 19 heavy (non-hydrogen) atoms. The van der Waals surface area contributed by atoms with Gasteiger partial charge in [-0.2, -0.15) is 5.10 Å². The SMILES string of the molecule is CN(Cc1cn[nH]c1)C(=O)CCc1ccccc1O. The van der Waals surface area contributed by atoms with Crippen molar-refractivity contribution in [1.82, 2.24) is 15.1 Å². The number of carbonyl (C=O) groups is 1. The van der Waals surface area contributed by atoms with E-state index in [4.69, 9.17) is 0 Å². The lowest BCUT2D eigenvalue weighted by Gasteiger charge is -2.16. The summed E-state index contributed by atoms with van der Waals surface area (Å²) in [5.41, 5.74) is 1.77.